The molecule has 5 nitrogen and oxygen atoms in total. The molecular weight excluding hydrogens is 244 g/mol. The SMILES string of the molecule is C#CN(OC(=O)c1ncccc1Cl)C(=O)CC. The van der Waals surface area contributed by atoms with Crippen LogP contribution in [0.3, 0.4) is 0 Å². The third-order valence-electron chi connectivity index (χ3n) is 1.77. The second kappa shape index (κ2) is 5.87. The maximum absolute atomic E-state index is 11.6. The van der Waals surface area contributed by atoms with Crippen molar-refractivity contribution >= 4 is 23.5 Å². The number of hydrogen-bond donors (Lipinski definition) is 0. The van der Waals surface area contributed by atoms with Crippen LogP contribution >= 0.6 is 11.6 Å². The van der Waals surface area contributed by atoms with E-state index in [9.17, 15) is 9.59 Å². The zero-order valence-corrected chi connectivity index (χ0v) is 9.77. The van der Waals surface area contributed by atoms with Crippen LogP contribution in [0.25, 0.3) is 0 Å². The van der Waals surface area contributed by atoms with Gasteiger partial charge in [-0.3, -0.25) is 4.79 Å². The van der Waals surface area contributed by atoms with Crippen molar-refractivity contribution in [2.24, 2.45) is 0 Å². The Morgan fingerprint density at radius 3 is 2.88 bits per heavy atom. The number of pyridine rings is 1. The van der Waals surface area contributed by atoms with Gasteiger partial charge in [0.05, 0.1) is 11.1 Å². The van der Waals surface area contributed by atoms with E-state index < -0.39 is 11.9 Å². The molecule has 0 N–H and O–H groups in total. The van der Waals surface area contributed by atoms with E-state index in [-0.39, 0.29) is 17.1 Å². The highest BCUT2D eigenvalue weighted by Gasteiger charge is 2.19. The topological polar surface area (TPSA) is 59.5 Å². The Hall–Kier alpha value is -2.06. The highest BCUT2D eigenvalue weighted by molar-refractivity contribution is 6.33. The molecule has 0 radical (unpaired) electrons. The molecule has 1 heterocycles. The molecule has 1 rings (SSSR count). The van der Waals surface area contributed by atoms with Crippen LogP contribution in [0.15, 0.2) is 18.3 Å². The summed E-state index contributed by atoms with van der Waals surface area (Å²) in [6.07, 6.45) is 6.54. The fraction of sp³-hybridized carbons (Fsp3) is 0.182. The number of hydrogen-bond acceptors (Lipinski definition) is 4. The quantitative estimate of drug-likeness (QED) is 0.456. The number of hydroxylamine groups is 2. The summed E-state index contributed by atoms with van der Waals surface area (Å²) in [6.45, 7) is 1.59. The minimum Gasteiger partial charge on any atom is -0.318 e. The van der Waals surface area contributed by atoms with Gasteiger partial charge in [0, 0.05) is 12.6 Å². The van der Waals surface area contributed by atoms with E-state index in [1.807, 2.05) is 6.04 Å². The molecule has 88 valence electrons. The average molecular weight is 253 g/mol. The first-order chi connectivity index (χ1) is 8.10. The number of amides is 1. The van der Waals surface area contributed by atoms with Crippen LogP contribution in [0.5, 0.6) is 0 Å². The standard InChI is InChI=1S/C11H9ClN2O3/c1-3-9(15)14(4-2)17-11(16)10-8(12)6-5-7-13-10/h2,5-7H,3H2,1H3. The van der Waals surface area contributed by atoms with Gasteiger partial charge in [-0.05, 0) is 12.1 Å². The third kappa shape index (κ3) is 3.20. The summed E-state index contributed by atoms with van der Waals surface area (Å²) in [4.78, 5) is 31.3. The van der Waals surface area contributed by atoms with E-state index in [4.69, 9.17) is 18.0 Å². The number of terminal acetylenes is 1. The average Bonchev–Trinajstić information content (AvgIpc) is 2.35. The number of halogens is 1. The summed E-state index contributed by atoms with van der Waals surface area (Å²) in [7, 11) is 0. The highest BCUT2D eigenvalue weighted by Crippen LogP contribution is 2.13. The molecule has 0 saturated heterocycles. The smallest absolute Gasteiger partial charge is 0.318 e. The summed E-state index contributed by atoms with van der Waals surface area (Å²) in [5.41, 5.74) is -0.0988. The molecular formula is C11H9ClN2O3. The fourth-order valence-corrected chi connectivity index (χ4v) is 1.15. The molecule has 0 fully saturated rings. The molecule has 1 aromatic rings. The molecule has 0 unspecified atom stereocenters. The predicted octanol–water partition coefficient (Wildman–Crippen LogP) is 1.64. The molecule has 0 aliphatic rings. The Labute approximate surface area is 103 Å². The largest absolute Gasteiger partial charge is 0.384 e. The van der Waals surface area contributed by atoms with Crippen molar-refractivity contribution in [3.63, 3.8) is 0 Å². The van der Waals surface area contributed by atoms with Crippen molar-refractivity contribution < 1.29 is 14.4 Å². The molecule has 0 atom stereocenters. The Morgan fingerprint density at radius 2 is 2.35 bits per heavy atom. The molecule has 1 aromatic heterocycles. The molecule has 0 aliphatic heterocycles. The van der Waals surface area contributed by atoms with Crippen LogP contribution in [-0.4, -0.2) is 21.9 Å². The van der Waals surface area contributed by atoms with Crippen molar-refractivity contribution in [1.29, 1.82) is 0 Å². The third-order valence-corrected chi connectivity index (χ3v) is 2.08. The second-order valence-electron chi connectivity index (χ2n) is 2.88. The van der Waals surface area contributed by atoms with E-state index in [0.717, 1.165) is 0 Å². The van der Waals surface area contributed by atoms with Gasteiger partial charge in [0.15, 0.2) is 5.69 Å². The van der Waals surface area contributed by atoms with E-state index in [0.29, 0.717) is 5.06 Å². The number of nitrogens with zero attached hydrogens (tertiary/aromatic N) is 2. The molecule has 17 heavy (non-hydrogen) atoms. The number of rotatable bonds is 2. The van der Waals surface area contributed by atoms with Gasteiger partial charge in [-0.25, -0.2) is 9.78 Å². The van der Waals surface area contributed by atoms with Gasteiger partial charge in [-0.1, -0.05) is 30.0 Å². The van der Waals surface area contributed by atoms with Gasteiger partial charge in [0.2, 0.25) is 0 Å². The lowest BCUT2D eigenvalue weighted by molar-refractivity contribution is -0.153. The first-order valence-corrected chi connectivity index (χ1v) is 5.10. The van der Waals surface area contributed by atoms with Gasteiger partial charge < -0.3 is 4.84 Å². The number of carbonyl (C=O) groups is 2. The fourth-order valence-electron chi connectivity index (χ4n) is 0.955. The zero-order chi connectivity index (χ0) is 12.8. The van der Waals surface area contributed by atoms with Crippen LogP contribution in [0.1, 0.15) is 23.8 Å². The predicted molar refractivity (Wildman–Crippen MR) is 60.6 cm³/mol. The molecule has 0 aromatic carbocycles. The van der Waals surface area contributed by atoms with Crippen molar-refractivity contribution in [1.82, 2.24) is 10.0 Å². The number of aromatic nitrogens is 1. The Bertz CT molecular complexity index is 482. The van der Waals surface area contributed by atoms with Gasteiger partial charge in [0.25, 0.3) is 5.91 Å². The van der Waals surface area contributed by atoms with Gasteiger partial charge in [-0.15, -0.1) is 0 Å². The minimum absolute atomic E-state index is 0.0988. The summed E-state index contributed by atoms with van der Waals surface area (Å²) in [6, 6.07) is 4.99. The molecule has 6 heteroatoms. The molecule has 0 spiro atoms. The Kier molecular flexibility index (Phi) is 4.49. The monoisotopic (exact) mass is 252 g/mol. The summed E-state index contributed by atoms with van der Waals surface area (Å²) < 4.78 is 0. The Morgan fingerprint density at radius 1 is 1.65 bits per heavy atom. The van der Waals surface area contributed by atoms with Gasteiger partial charge >= 0.3 is 5.97 Å². The van der Waals surface area contributed by atoms with Crippen LogP contribution in [0.2, 0.25) is 5.02 Å². The van der Waals surface area contributed by atoms with E-state index in [2.05, 4.69) is 9.82 Å². The first kappa shape index (κ1) is 13.0. The van der Waals surface area contributed by atoms with Crippen LogP contribution in [-0.2, 0) is 9.63 Å². The van der Waals surface area contributed by atoms with Crippen molar-refractivity contribution in [3.05, 3.63) is 29.0 Å². The van der Waals surface area contributed by atoms with E-state index in [1.54, 1.807) is 13.0 Å². The molecule has 0 bridgehead atoms. The normalized spacial score (nSPS) is 9.24. The highest BCUT2D eigenvalue weighted by atomic mass is 35.5. The van der Waals surface area contributed by atoms with Crippen molar-refractivity contribution in [2.45, 2.75) is 13.3 Å². The zero-order valence-electron chi connectivity index (χ0n) is 9.01. The van der Waals surface area contributed by atoms with Crippen molar-refractivity contribution in [2.75, 3.05) is 0 Å². The van der Waals surface area contributed by atoms with Gasteiger partial charge in [0.1, 0.15) is 0 Å². The summed E-state index contributed by atoms with van der Waals surface area (Å²) in [5.74, 6) is -1.39. The summed E-state index contributed by atoms with van der Waals surface area (Å²) >= 11 is 5.74. The minimum atomic E-state index is -0.879. The molecule has 1 amide bonds. The maximum atomic E-state index is 11.6. The van der Waals surface area contributed by atoms with E-state index >= 15 is 0 Å². The first-order valence-electron chi connectivity index (χ1n) is 4.72. The van der Waals surface area contributed by atoms with Crippen LogP contribution < -0.4 is 0 Å². The maximum Gasteiger partial charge on any atom is 0.384 e. The number of carbonyl (C=O) groups excluding carboxylic acids is 2. The van der Waals surface area contributed by atoms with E-state index in [1.165, 1.54) is 12.3 Å². The van der Waals surface area contributed by atoms with Crippen LogP contribution in [0, 0.1) is 12.5 Å². The lowest BCUT2D eigenvalue weighted by atomic mass is 10.3. The lowest BCUT2D eigenvalue weighted by Crippen LogP contribution is -2.29. The van der Waals surface area contributed by atoms with Gasteiger partial charge in [-0.2, -0.15) is 0 Å². The Balaban J connectivity index is 2.83. The molecule has 0 aliphatic carbocycles. The second-order valence-corrected chi connectivity index (χ2v) is 3.29. The van der Waals surface area contributed by atoms with Crippen LogP contribution in [0.4, 0.5) is 0 Å². The van der Waals surface area contributed by atoms with Crippen molar-refractivity contribution in [3.8, 4) is 12.5 Å². The summed E-state index contributed by atoms with van der Waals surface area (Å²) in [5, 5.41) is 0.645. The molecule has 0 saturated carbocycles. The lowest BCUT2D eigenvalue weighted by Gasteiger charge is -2.13.